The molecule has 2 N–H and O–H groups in total. The number of aryl methyl sites for hydroxylation is 1. The van der Waals surface area contributed by atoms with Crippen LogP contribution in [0.15, 0.2) is 6.20 Å². The summed E-state index contributed by atoms with van der Waals surface area (Å²) in [7, 11) is 1.88. The normalized spacial score (nSPS) is 10.5. The lowest BCUT2D eigenvalue weighted by molar-refractivity contribution is 0.714. The molecule has 0 saturated heterocycles. The lowest BCUT2D eigenvalue weighted by atomic mass is 10.5. The Morgan fingerprint density at radius 1 is 1.67 bits per heavy atom. The summed E-state index contributed by atoms with van der Waals surface area (Å²) in [6, 6.07) is 0. The first-order chi connectivity index (χ1) is 5.83. The van der Waals surface area contributed by atoms with Gasteiger partial charge in [0, 0.05) is 19.0 Å². The molecule has 12 heavy (non-hydrogen) atoms. The monoisotopic (exact) mass is 186 g/mol. The quantitative estimate of drug-likeness (QED) is 0.676. The van der Waals surface area contributed by atoms with Crippen LogP contribution in [0.1, 0.15) is 12.1 Å². The van der Waals surface area contributed by atoms with E-state index in [1.54, 1.807) is 4.68 Å². The number of nitrogens with zero attached hydrogens (tertiary/aromatic N) is 3. The highest BCUT2D eigenvalue weighted by Crippen LogP contribution is 2.09. The molecule has 0 saturated carbocycles. The minimum absolute atomic E-state index is 0.771. The fourth-order valence-electron chi connectivity index (χ4n) is 0.824. The van der Waals surface area contributed by atoms with Gasteiger partial charge in [0.25, 0.3) is 0 Å². The molecule has 1 rings (SSSR count). The summed E-state index contributed by atoms with van der Waals surface area (Å²) in [5.74, 6) is 2.04. The van der Waals surface area contributed by atoms with E-state index in [-0.39, 0.29) is 0 Å². The molecular weight excluding hydrogens is 172 g/mol. The summed E-state index contributed by atoms with van der Waals surface area (Å²) in [5, 5.41) is 7.82. The van der Waals surface area contributed by atoms with Crippen LogP contribution in [0.4, 0.5) is 0 Å². The van der Waals surface area contributed by atoms with E-state index in [0.29, 0.717) is 0 Å². The highest BCUT2D eigenvalue weighted by atomic mass is 32.2. The second-order valence-electron chi connectivity index (χ2n) is 2.58. The maximum absolute atomic E-state index is 5.37. The average molecular weight is 186 g/mol. The van der Waals surface area contributed by atoms with Crippen LogP contribution in [0.5, 0.6) is 0 Å². The Morgan fingerprint density at radius 2 is 2.50 bits per heavy atom. The van der Waals surface area contributed by atoms with Crippen LogP contribution in [-0.4, -0.2) is 27.3 Å². The van der Waals surface area contributed by atoms with E-state index in [4.69, 9.17) is 5.73 Å². The van der Waals surface area contributed by atoms with E-state index in [1.165, 1.54) is 0 Å². The van der Waals surface area contributed by atoms with Crippen molar-refractivity contribution in [1.82, 2.24) is 15.0 Å². The molecule has 1 aromatic heterocycles. The van der Waals surface area contributed by atoms with Gasteiger partial charge in [-0.15, -0.1) is 5.10 Å². The van der Waals surface area contributed by atoms with Gasteiger partial charge in [-0.05, 0) is 18.7 Å². The minimum Gasteiger partial charge on any atom is -0.330 e. The maximum Gasteiger partial charge on any atom is 0.0925 e. The van der Waals surface area contributed by atoms with Gasteiger partial charge in [-0.1, -0.05) is 5.21 Å². The number of rotatable bonds is 5. The van der Waals surface area contributed by atoms with Crippen molar-refractivity contribution in [1.29, 1.82) is 0 Å². The Morgan fingerprint density at radius 3 is 3.08 bits per heavy atom. The Hall–Kier alpha value is -0.550. The molecule has 0 unspecified atom stereocenters. The Bertz CT molecular complexity index is 223. The first-order valence-corrected chi connectivity index (χ1v) is 5.11. The molecule has 0 bridgehead atoms. The lowest BCUT2D eigenvalue weighted by Crippen LogP contribution is -1.99. The van der Waals surface area contributed by atoms with Crippen LogP contribution in [0.25, 0.3) is 0 Å². The van der Waals surface area contributed by atoms with Crippen LogP contribution in [-0.2, 0) is 12.8 Å². The Balaban J connectivity index is 2.15. The van der Waals surface area contributed by atoms with E-state index < -0.39 is 0 Å². The minimum atomic E-state index is 0.771. The summed E-state index contributed by atoms with van der Waals surface area (Å²) in [6.07, 6.45) is 3.01. The zero-order valence-electron chi connectivity index (χ0n) is 7.23. The molecule has 1 aromatic rings. The van der Waals surface area contributed by atoms with Crippen molar-refractivity contribution in [3.8, 4) is 0 Å². The van der Waals surface area contributed by atoms with Gasteiger partial charge < -0.3 is 5.73 Å². The highest BCUT2D eigenvalue weighted by molar-refractivity contribution is 7.98. The van der Waals surface area contributed by atoms with Gasteiger partial charge in [0.15, 0.2) is 0 Å². The molecule has 5 heteroatoms. The van der Waals surface area contributed by atoms with E-state index in [1.807, 2.05) is 25.0 Å². The van der Waals surface area contributed by atoms with Gasteiger partial charge in [0.05, 0.1) is 5.69 Å². The van der Waals surface area contributed by atoms with Crippen molar-refractivity contribution in [3.05, 3.63) is 11.9 Å². The second-order valence-corrected chi connectivity index (χ2v) is 3.68. The van der Waals surface area contributed by atoms with Crippen molar-refractivity contribution in [2.45, 2.75) is 12.2 Å². The first kappa shape index (κ1) is 9.54. The van der Waals surface area contributed by atoms with Crippen molar-refractivity contribution in [3.63, 3.8) is 0 Å². The molecule has 0 aliphatic heterocycles. The summed E-state index contributed by atoms with van der Waals surface area (Å²) in [6.45, 7) is 0.771. The molecule has 68 valence electrons. The predicted molar refractivity (Wildman–Crippen MR) is 50.8 cm³/mol. The van der Waals surface area contributed by atoms with Crippen LogP contribution >= 0.6 is 11.8 Å². The van der Waals surface area contributed by atoms with E-state index in [9.17, 15) is 0 Å². The number of nitrogens with two attached hydrogens (primary N) is 1. The molecule has 0 atom stereocenters. The molecule has 0 fully saturated rings. The third-order valence-corrected chi connectivity index (χ3v) is 2.47. The van der Waals surface area contributed by atoms with E-state index >= 15 is 0 Å². The van der Waals surface area contributed by atoms with Gasteiger partial charge in [0.1, 0.15) is 0 Å². The smallest absolute Gasteiger partial charge is 0.0925 e. The SMILES string of the molecule is Cn1cc(CSCCCN)nn1. The molecule has 0 aromatic carbocycles. The van der Waals surface area contributed by atoms with E-state index in [0.717, 1.165) is 30.2 Å². The maximum atomic E-state index is 5.37. The molecule has 0 spiro atoms. The van der Waals surface area contributed by atoms with Crippen molar-refractivity contribution >= 4 is 11.8 Å². The van der Waals surface area contributed by atoms with Crippen LogP contribution < -0.4 is 5.73 Å². The molecule has 0 aliphatic rings. The van der Waals surface area contributed by atoms with Gasteiger partial charge in [-0.25, -0.2) is 0 Å². The van der Waals surface area contributed by atoms with Crippen LogP contribution in [0.2, 0.25) is 0 Å². The third kappa shape index (κ3) is 3.23. The lowest BCUT2D eigenvalue weighted by Gasteiger charge is -1.95. The van der Waals surface area contributed by atoms with Gasteiger partial charge >= 0.3 is 0 Å². The van der Waals surface area contributed by atoms with Crippen LogP contribution in [0, 0.1) is 0 Å². The zero-order valence-corrected chi connectivity index (χ0v) is 8.05. The number of hydrogen-bond donors (Lipinski definition) is 1. The second kappa shape index (κ2) is 5.16. The zero-order chi connectivity index (χ0) is 8.81. The summed E-state index contributed by atoms with van der Waals surface area (Å²) in [4.78, 5) is 0. The topological polar surface area (TPSA) is 56.7 Å². The average Bonchev–Trinajstić information content (AvgIpc) is 2.45. The molecule has 1 heterocycles. The summed E-state index contributed by atoms with van der Waals surface area (Å²) < 4.78 is 1.72. The standard InChI is InChI=1S/C7H14N4S/c1-11-5-7(9-10-11)6-12-4-2-3-8/h5H,2-4,6,8H2,1H3. The van der Waals surface area contributed by atoms with Crippen LogP contribution in [0.3, 0.4) is 0 Å². The van der Waals surface area contributed by atoms with E-state index in [2.05, 4.69) is 10.3 Å². The number of thioether (sulfide) groups is 1. The largest absolute Gasteiger partial charge is 0.330 e. The highest BCUT2D eigenvalue weighted by Gasteiger charge is 1.96. The molecule has 0 radical (unpaired) electrons. The van der Waals surface area contributed by atoms with Gasteiger partial charge in [-0.2, -0.15) is 11.8 Å². The third-order valence-electron chi connectivity index (χ3n) is 1.39. The molecule has 0 amide bonds. The number of aromatic nitrogens is 3. The molecule has 4 nitrogen and oxygen atoms in total. The first-order valence-electron chi connectivity index (χ1n) is 3.96. The van der Waals surface area contributed by atoms with Gasteiger partial charge in [0.2, 0.25) is 0 Å². The Kier molecular flexibility index (Phi) is 4.10. The van der Waals surface area contributed by atoms with Crippen molar-refractivity contribution in [2.75, 3.05) is 12.3 Å². The van der Waals surface area contributed by atoms with Crippen molar-refractivity contribution in [2.24, 2.45) is 12.8 Å². The fourth-order valence-corrected chi connectivity index (χ4v) is 1.68. The van der Waals surface area contributed by atoms with Gasteiger partial charge in [-0.3, -0.25) is 4.68 Å². The predicted octanol–water partition coefficient (Wildman–Crippen LogP) is 0.397. The number of hydrogen-bond acceptors (Lipinski definition) is 4. The molecule has 0 aliphatic carbocycles. The summed E-state index contributed by atoms with van der Waals surface area (Å²) >= 11 is 1.85. The van der Waals surface area contributed by atoms with Crippen molar-refractivity contribution < 1.29 is 0 Å². The fraction of sp³-hybridized carbons (Fsp3) is 0.714. The summed E-state index contributed by atoms with van der Waals surface area (Å²) in [5.41, 5.74) is 6.41. The molecular formula is C7H14N4S. The Labute approximate surface area is 76.5 Å².